The molecule has 7 heteroatoms. The fraction of sp³-hybridized carbons (Fsp3) is 0.450. The summed E-state index contributed by atoms with van der Waals surface area (Å²) >= 11 is 5.48. The highest BCUT2D eigenvalue weighted by Gasteiger charge is 2.33. The van der Waals surface area contributed by atoms with Gasteiger partial charge < -0.3 is 20.1 Å². The summed E-state index contributed by atoms with van der Waals surface area (Å²) in [7, 11) is 3.10. The predicted octanol–water partition coefficient (Wildman–Crippen LogP) is 3.68. The second kappa shape index (κ2) is 8.99. The molecule has 3 rings (SSSR count). The number of hydrogen-bond donors (Lipinski definition) is 2. The normalized spacial score (nSPS) is 15.6. The van der Waals surface area contributed by atoms with E-state index in [4.69, 9.17) is 21.7 Å². The van der Waals surface area contributed by atoms with Gasteiger partial charge in [0.2, 0.25) is 17.7 Å². The monoisotopic (exact) mass is 386 g/mol. The van der Waals surface area contributed by atoms with E-state index in [1.165, 1.54) is 24.8 Å². The molecule has 0 aliphatic heterocycles. The molecule has 6 nitrogen and oxygen atoms in total. The van der Waals surface area contributed by atoms with Crippen molar-refractivity contribution in [2.75, 3.05) is 26.1 Å². The van der Waals surface area contributed by atoms with Gasteiger partial charge in [0.25, 0.3) is 0 Å². The molecule has 0 saturated heterocycles. The van der Waals surface area contributed by atoms with E-state index in [1.807, 2.05) is 0 Å². The minimum Gasteiger partial charge on any atom is -0.481 e. The Morgan fingerprint density at radius 1 is 1.04 bits per heavy atom. The first-order valence-electron chi connectivity index (χ1n) is 9.23. The van der Waals surface area contributed by atoms with Gasteiger partial charge in [-0.3, -0.25) is 0 Å². The fourth-order valence-corrected chi connectivity index (χ4v) is 3.82. The van der Waals surface area contributed by atoms with Crippen molar-refractivity contribution in [2.45, 2.75) is 37.5 Å². The van der Waals surface area contributed by atoms with Crippen LogP contribution >= 0.6 is 12.2 Å². The molecule has 27 heavy (non-hydrogen) atoms. The van der Waals surface area contributed by atoms with Gasteiger partial charge in [-0.25, -0.2) is 0 Å². The van der Waals surface area contributed by atoms with Crippen LogP contribution in [0.2, 0.25) is 0 Å². The SMILES string of the molecule is COc1cc(OC)nc(NC(=S)NCC2(c3ccccc3)CCCCC2)n1. The summed E-state index contributed by atoms with van der Waals surface area (Å²) in [4.78, 5) is 8.52. The first-order valence-corrected chi connectivity index (χ1v) is 9.63. The van der Waals surface area contributed by atoms with Crippen LogP contribution in [0.25, 0.3) is 0 Å². The summed E-state index contributed by atoms with van der Waals surface area (Å²) < 4.78 is 10.3. The van der Waals surface area contributed by atoms with Gasteiger partial charge >= 0.3 is 0 Å². The van der Waals surface area contributed by atoms with Crippen molar-refractivity contribution in [3.8, 4) is 11.8 Å². The molecule has 1 heterocycles. The van der Waals surface area contributed by atoms with Crippen LogP contribution in [0.4, 0.5) is 5.95 Å². The molecule has 0 unspecified atom stereocenters. The van der Waals surface area contributed by atoms with E-state index in [0.717, 1.165) is 19.4 Å². The lowest BCUT2D eigenvalue weighted by molar-refractivity contribution is 0.292. The van der Waals surface area contributed by atoms with Crippen molar-refractivity contribution in [3.63, 3.8) is 0 Å². The maximum atomic E-state index is 5.48. The molecule has 2 aromatic rings. The van der Waals surface area contributed by atoms with Crippen molar-refractivity contribution < 1.29 is 9.47 Å². The van der Waals surface area contributed by atoms with Gasteiger partial charge in [0.05, 0.1) is 20.3 Å². The highest BCUT2D eigenvalue weighted by Crippen LogP contribution is 2.38. The maximum Gasteiger partial charge on any atom is 0.235 e. The number of rotatable bonds is 6. The quantitative estimate of drug-likeness (QED) is 0.734. The van der Waals surface area contributed by atoms with Gasteiger partial charge in [-0.2, -0.15) is 9.97 Å². The Morgan fingerprint density at radius 2 is 1.67 bits per heavy atom. The molecule has 1 aromatic heterocycles. The van der Waals surface area contributed by atoms with E-state index >= 15 is 0 Å². The van der Waals surface area contributed by atoms with Crippen LogP contribution in [0.3, 0.4) is 0 Å². The second-order valence-corrected chi connectivity index (χ2v) is 7.20. The lowest BCUT2D eigenvalue weighted by Gasteiger charge is -2.38. The number of anilines is 1. The van der Waals surface area contributed by atoms with E-state index in [1.54, 1.807) is 20.3 Å². The summed E-state index contributed by atoms with van der Waals surface area (Å²) in [5, 5.41) is 6.90. The van der Waals surface area contributed by atoms with Crippen molar-refractivity contribution in [1.29, 1.82) is 0 Å². The number of methoxy groups -OCH3 is 2. The number of thiocarbonyl (C=S) groups is 1. The molecule has 0 amide bonds. The van der Waals surface area contributed by atoms with Crippen LogP contribution in [0, 0.1) is 0 Å². The molecular weight excluding hydrogens is 360 g/mol. The summed E-state index contributed by atoms with van der Waals surface area (Å²) in [6, 6.07) is 12.3. The molecule has 1 aromatic carbocycles. The lowest BCUT2D eigenvalue weighted by atomic mass is 9.69. The highest BCUT2D eigenvalue weighted by molar-refractivity contribution is 7.80. The number of ether oxygens (including phenoxy) is 2. The predicted molar refractivity (Wildman–Crippen MR) is 111 cm³/mol. The number of nitrogens with zero attached hydrogens (tertiary/aromatic N) is 2. The molecule has 144 valence electrons. The van der Waals surface area contributed by atoms with Gasteiger partial charge in [-0.1, -0.05) is 49.6 Å². The van der Waals surface area contributed by atoms with E-state index in [-0.39, 0.29) is 5.41 Å². The Labute approximate surface area is 165 Å². The summed E-state index contributed by atoms with van der Waals surface area (Å²) in [6.07, 6.45) is 6.11. The molecule has 1 aliphatic carbocycles. The smallest absolute Gasteiger partial charge is 0.235 e. The van der Waals surface area contributed by atoms with Crippen molar-refractivity contribution >= 4 is 23.3 Å². The molecule has 0 radical (unpaired) electrons. The lowest BCUT2D eigenvalue weighted by Crippen LogP contribution is -2.43. The Kier molecular flexibility index (Phi) is 6.45. The molecule has 1 aliphatic rings. The molecule has 2 N–H and O–H groups in total. The Balaban J connectivity index is 1.68. The number of hydrogen-bond acceptors (Lipinski definition) is 5. The van der Waals surface area contributed by atoms with E-state index in [0.29, 0.717) is 22.8 Å². The Hall–Kier alpha value is -2.41. The zero-order valence-electron chi connectivity index (χ0n) is 15.8. The number of aromatic nitrogens is 2. The zero-order valence-corrected chi connectivity index (χ0v) is 16.6. The third-order valence-electron chi connectivity index (χ3n) is 5.11. The van der Waals surface area contributed by atoms with Crippen LogP contribution < -0.4 is 20.1 Å². The summed E-state index contributed by atoms with van der Waals surface area (Å²) in [6.45, 7) is 0.782. The Morgan fingerprint density at radius 3 is 2.26 bits per heavy atom. The zero-order chi connectivity index (χ0) is 19.1. The van der Waals surface area contributed by atoms with Crippen LogP contribution in [0.5, 0.6) is 11.8 Å². The Bertz CT molecular complexity index is 742. The highest BCUT2D eigenvalue weighted by atomic mass is 32.1. The average molecular weight is 387 g/mol. The van der Waals surface area contributed by atoms with Crippen molar-refractivity contribution in [1.82, 2.24) is 15.3 Å². The van der Waals surface area contributed by atoms with Gasteiger partial charge in [-0.15, -0.1) is 0 Å². The first kappa shape index (κ1) is 19.4. The van der Waals surface area contributed by atoms with Crippen LogP contribution in [0.1, 0.15) is 37.7 Å². The summed E-state index contributed by atoms with van der Waals surface area (Å²) in [5.74, 6) is 1.18. The van der Waals surface area contributed by atoms with Gasteiger partial charge in [0.1, 0.15) is 0 Å². The molecule has 0 bridgehead atoms. The van der Waals surface area contributed by atoms with E-state index in [9.17, 15) is 0 Å². The van der Waals surface area contributed by atoms with Gasteiger partial charge in [0, 0.05) is 12.0 Å². The molecule has 1 fully saturated rings. The number of benzene rings is 1. The third kappa shape index (κ3) is 4.86. The molecule has 0 atom stereocenters. The maximum absolute atomic E-state index is 5.48. The van der Waals surface area contributed by atoms with E-state index in [2.05, 4.69) is 50.9 Å². The number of nitrogens with one attached hydrogen (secondary N) is 2. The standard InChI is InChI=1S/C20H26N4O2S/c1-25-16-13-17(26-2)23-18(22-16)24-19(27)21-14-20(11-7-4-8-12-20)15-9-5-3-6-10-15/h3,5-6,9-10,13H,4,7-8,11-12,14H2,1-2H3,(H2,21,22,23,24,27). The van der Waals surface area contributed by atoms with Crippen molar-refractivity contribution in [2.24, 2.45) is 0 Å². The average Bonchev–Trinajstić information content (AvgIpc) is 2.73. The van der Waals surface area contributed by atoms with Gasteiger partial charge in [-0.05, 0) is 30.6 Å². The van der Waals surface area contributed by atoms with Gasteiger partial charge in [0.15, 0.2) is 5.11 Å². The topological polar surface area (TPSA) is 68.3 Å². The molecular formula is C20H26N4O2S. The van der Waals surface area contributed by atoms with Crippen molar-refractivity contribution in [3.05, 3.63) is 42.0 Å². The second-order valence-electron chi connectivity index (χ2n) is 6.79. The molecule has 0 spiro atoms. The minimum atomic E-state index is 0.109. The van der Waals surface area contributed by atoms with Crippen LogP contribution in [-0.2, 0) is 5.41 Å². The molecule has 1 saturated carbocycles. The summed E-state index contributed by atoms with van der Waals surface area (Å²) in [5.41, 5.74) is 1.48. The fourth-order valence-electron chi connectivity index (χ4n) is 3.65. The van der Waals surface area contributed by atoms with Crippen LogP contribution in [-0.4, -0.2) is 35.8 Å². The van der Waals surface area contributed by atoms with Crippen LogP contribution in [0.15, 0.2) is 36.4 Å². The minimum absolute atomic E-state index is 0.109. The van der Waals surface area contributed by atoms with E-state index < -0.39 is 0 Å². The largest absolute Gasteiger partial charge is 0.481 e. The third-order valence-corrected chi connectivity index (χ3v) is 5.35. The first-order chi connectivity index (χ1) is 13.1.